The molecule has 8 nitrogen and oxygen atoms in total. The van der Waals surface area contributed by atoms with Crippen LogP contribution in [0.1, 0.15) is 37.0 Å². The van der Waals surface area contributed by atoms with Gasteiger partial charge < -0.3 is 19.1 Å². The van der Waals surface area contributed by atoms with E-state index in [1.54, 1.807) is 17.9 Å². The Labute approximate surface area is 152 Å². The standard InChI is InChI=1S/C18H24N2O6/c1-4-25-17(22)13-7-9-20(10-8-13)16(21)12(2)26-18(23)14-5-6-15(24-3)19-11-14/h5-6,11-13H,4,7-10H2,1-3H3/t12-/m1/s1. The first-order valence-corrected chi connectivity index (χ1v) is 8.62. The lowest BCUT2D eigenvalue weighted by molar-refractivity contribution is -0.152. The summed E-state index contributed by atoms with van der Waals surface area (Å²) in [5.41, 5.74) is 0.242. The van der Waals surface area contributed by atoms with E-state index in [9.17, 15) is 14.4 Å². The minimum absolute atomic E-state index is 0.178. The number of pyridine rings is 1. The van der Waals surface area contributed by atoms with Crippen LogP contribution in [0.2, 0.25) is 0 Å². The topological polar surface area (TPSA) is 95.0 Å². The highest BCUT2D eigenvalue weighted by Crippen LogP contribution is 2.20. The number of methoxy groups -OCH3 is 1. The van der Waals surface area contributed by atoms with E-state index in [0.717, 1.165) is 0 Å². The maximum absolute atomic E-state index is 12.5. The summed E-state index contributed by atoms with van der Waals surface area (Å²) in [6, 6.07) is 3.07. The Kier molecular flexibility index (Phi) is 6.94. The SMILES string of the molecule is CCOC(=O)C1CCN(C(=O)[C@@H](C)OC(=O)c2ccc(OC)nc2)CC1. The lowest BCUT2D eigenvalue weighted by Crippen LogP contribution is -2.45. The molecular weight excluding hydrogens is 340 g/mol. The van der Waals surface area contributed by atoms with Crippen molar-refractivity contribution in [2.45, 2.75) is 32.8 Å². The molecule has 1 aromatic heterocycles. The molecule has 0 saturated carbocycles. The fourth-order valence-corrected chi connectivity index (χ4v) is 2.75. The van der Waals surface area contributed by atoms with Crippen molar-refractivity contribution in [3.8, 4) is 5.88 Å². The van der Waals surface area contributed by atoms with Gasteiger partial charge in [-0.1, -0.05) is 0 Å². The van der Waals surface area contributed by atoms with Crippen LogP contribution in [0.15, 0.2) is 18.3 Å². The second-order valence-corrected chi connectivity index (χ2v) is 5.99. The molecule has 0 spiro atoms. The first-order valence-electron chi connectivity index (χ1n) is 8.62. The molecule has 2 rings (SSSR count). The quantitative estimate of drug-likeness (QED) is 0.705. The van der Waals surface area contributed by atoms with Crippen molar-refractivity contribution in [3.05, 3.63) is 23.9 Å². The van der Waals surface area contributed by atoms with E-state index in [1.807, 2.05) is 0 Å². The molecule has 0 aromatic carbocycles. The fraction of sp³-hybridized carbons (Fsp3) is 0.556. The molecule has 1 fully saturated rings. The first-order chi connectivity index (χ1) is 12.5. The van der Waals surface area contributed by atoms with Crippen molar-refractivity contribution in [1.82, 2.24) is 9.88 Å². The van der Waals surface area contributed by atoms with E-state index in [-0.39, 0.29) is 23.4 Å². The van der Waals surface area contributed by atoms with Gasteiger partial charge in [-0.05, 0) is 32.8 Å². The van der Waals surface area contributed by atoms with E-state index in [2.05, 4.69) is 4.98 Å². The van der Waals surface area contributed by atoms with Crippen molar-refractivity contribution in [2.24, 2.45) is 5.92 Å². The van der Waals surface area contributed by atoms with Crippen LogP contribution in [0.3, 0.4) is 0 Å². The van der Waals surface area contributed by atoms with Crippen molar-refractivity contribution in [2.75, 3.05) is 26.8 Å². The summed E-state index contributed by atoms with van der Waals surface area (Å²) in [7, 11) is 1.48. The number of piperidine rings is 1. The Morgan fingerprint density at radius 1 is 1.27 bits per heavy atom. The van der Waals surface area contributed by atoms with E-state index in [1.165, 1.54) is 26.3 Å². The highest BCUT2D eigenvalue weighted by Gasteiger charge is 2.31. The third-order valence-electron chi connectivity index (χ3n) is 4.24. The number of rotatable bonds is 6. The predicted molar refractivity (Wildman–Crippen MR) is 91.6 cm³/mol. The summed E-state index contributed by atoms with van der Waals surface area (Å²) in [6.07, 6.45) is 1.52. The normalized spacial score (nSPS) is 15.9. The van der Waals surface area contributed by atoms with E-state index in [0.29, 0.717) is 38.4 Å². The van der Waals surface area contributed by atoms with Crippen molar-refractivity contribution in [3.63, 3.8) is 0 Å². The molecule has 2 heterocycles. The van der Waals surface area contributed by atoms with Crippen LogP contribution in [0, 0.1) is 5.92 Å². The van der Waals surface area contributed by atoms with Gasteiger partial charge in [0.15, 0.2) is 6.10 Å². The number of carbonyl (C=O) groups excluding carboxylic acids is 3. The molecule has 1 aliphatic heterocycles. The molecule has 0 bridgehead atoms. The van der Waals surface area contributed by atoms with Gasteiger partial charge in [0.25, 0.3) is 5.91 Å². The third-order valence-corrected chi connectivity index (χ3v) is 4.24. The predicted octanol–water partition coefficient (Wildman–Crippen LogP) is 1.44. The van der Waals surface area contributed by atoms with E-state index >= 15 is 0 Å². The van der Waals surface area contributed by atoms with E-state index < -0.39 is 12.1 Å². The molecule has 1 saturated heterocycles. The molecule has 8 heteroatoms. The Morgan fingerprint density at radius 3 is 2.50 bits per heavy atom. The molecule has 0 unspecified atom stereocenters. The van der Waals surface area contributed by atoms with Gasteiger partial charge in [-0.2, -0.15) is 0 Å². The Hall–Kier alpha value is -2.64. The van der Waals surface area contributed by atoms with Crippen molar-refractivity contribution < 1.29 is 28.6 Å². The monoisotopic (exact) mass is 364 g/mol. The number of nitrogens with zero attached hydrogens (tertiary/aromatic N) is 2. The largest absolute Gasteiger partial charge is 0.481 e. The van der Waals surface area contributed by atoms with Crippen LogP contribution in [0.5, 0.6) is 5.88 Å². The average Bonchev–Trinajstić information content (AvgIpc) is 2.67. The maximum Gasteiger partial charge on any atom is 0.340 e. The van der Waals surface area contributed by atoms with Gasteiger partial charge in [0, 0.05) is 25.4 Å². The molecule has 26 heavy (non-hydrogen) atoms. The molecule has 1 aromatic rings. The number of esters is 2. The average molecular weight is 364 g/mol. The van der Waals surface area contributed by atoms with Crippen LogP contribution in [0.4, 0.5) is 0 Å². The zero-order valence-electron chi connectivity index (χ0n) is 15.3. The number of hydrogen-bond acceptors (Lipinski definition) is 7. The molecule has 1 atom stereocenters. The summed E-state index contributed by atoms with van der Waals surface area (Å²) >= 11 is 0. The van der Waals surface area contributed by atoms with Crippen LogP contribution >= 0.6 is 0 Å². The number of hydrogen-bond donors (Lipinski definition) is 0. The molecule has 142 valence electrons. The van der Waals surface area contributed by atoms with Gasteiger partial charge in [0.2, 0.25) is 5.88 Å². The molecule has 0 aliphatic carbocycles. The summed E-state index contributed by atoms with van der Waals surface area (Å²) in [5, 5.41) is 0. The lowest BCUT2D eigenvalue weighted by Gasteiger charge is -2.32. The smallest absolute Gasteiger partial charge is 0.340 e. The van der Waals surface area contributed by atoms with E-state index in [4.69, 9.17) is 14.2 Å². The number of aromatic nitrogens is 1. The molecular formula is C18H24N2O6. The van der Waals surface area contributed by atoms with Crippen LogP contribution in [-0.4, -0.2) is 60.6 Å². The highest BCUT2D eigenvalue weighted by molar-refractivity contribution is 5.92. The minimum atomic E-state index is -0.913. The number of amides is 1. The third kappa shape index (κ3) is 4.93. The second kappa shape index (κ2) is 9.17. The maximum atomic E-state index is 12.5. The number of carbonyl (C=O) groups is 3. The Balaban J connectivity index is 1.85. The summed E-state index contributed by atoms with van der Waals surface area (Å²) in [5.74, 6) is -0.909. The van der Waals surface area contributed by atoms with Gasteiger partial charge >= 0.3 is 11.9 Å². The van der Waals surface area contributed by atoms with Gasteiger partial charge in [-0.3, -0.25) is 9.59 Å². The number of likely N-dealkylation sites (tertiary alicyclic amines) is 1. The fourth-order valence-electron chi connectivity index (χ4n) is 2.75. The van der Waals surface area contributed by atoms with Gasteiger partial charge in [-0.15, -0.1) is 0 Å². The molecule has 0 radical (unpaired) electrons. The van der Waals surface area contributed by atoms with Crippen LogP contribution < -0.4 is 4.74 Å². The highest BCUT2D eigenvalue weighted by atomic mass is 16.5. The van der Waals surface area contributed by atoms with Crippen LogP contribution in [-0.2, 0) is 19.1 Å². The van der Waals surface area contributed by atoms with Crippen molar-refractivity contribution in [1.29, 1.82) is 0 Å². The first kappa shape index (κ1) is 19.7. The molecule has 1 aliphatic rings. The lowest BCUT2D eigenvalue weighted by atomic mass is 9.97. The summed E-state index contributed by atoms with van der Waals surface area (Å²) in [6.45, 7) is 4.54. The molecule has 0 N–H and O–H groups in total. The van der Waals surface area contributed by atoms with Gasteiger partial charge in [0.05, 0.1) is 25.2 Å². The zero-order valence-corrected chi connectivity index (χ0v) is 15.3. The second-order valence-electron chi connectivity index (χ2n) is 5.99. The zero-order chi connectivity index (χ0) is 19.1. The van der Waals surface area contributed by atoms with Gasteiger partial charge in [0.1, 0.15) is 0 Å². The summed E-state index contributed by atoms with van der Waals surface area (Å²) < 4.78 is 15.2. The van der Waals surface area contributed by atoms with Crippen LogP contribution in [0.25, 0.3) is 0 Å². The Morgan fingerprint density at radius 2 is 1.96 bits per heavy atom. The van der Waals surface area contributed by atoms with Crippen molar-refractivity contribution >= 4 is 17.8 Å². The molecule has 1 amide bonds. The summed E-state index contributed by atoms with van der Waals surface area (Å²) in [4.78, 5) is 41.9. The minimum Gasteiger partial charge on any atom is -0.481 e. The Bertz CT molecular complexity index is 638. The number of ether oxygens (including phenoxy) is 3. The van der Waals surface area contributed by atoms with Gasteiger partial charge in [-0.25, -0.2) is 9.78 Å².